The highest BCUT2D eigenvalue weighted by molar-refractivity contribution is 14.1. The third-order valence-electron chi connectivity index (χ3n) is 2.38. The third-order valence-corrected chi connectivity index (χ3v) is 3.81. The number of amides is 1. The number of benzene rings is 1. The van der Waals surface area contributed by atoms with Crippen LogP contribution in [0.25, 0.3) is 0 Å². The van der Waals surface area contributed by atoms with Crippen molar-refractivity contribution >= 4 is 50.1 Å². The molecule has 2 N–H and O–H groups in total. The summed E-state index contributed by atoms with van der Waals surface area (Å²) >= 11 is 5.68. The molecule has 0 aromatic heterocycles. The van der Waals surface area contributed by atoms with Crippen molar-refractivity contribution in [2.24, 2.45) is 5.92 Å². The van der Waals surface area contributed by atoms with E-state index in [9.17, 15) is 4.79 Å². The second-order valence-electron chi connectivity index (χ2n) is 4.63. The lowest BCUT2D eigenvalue weighted by Gasteiger charge is -2.17. The second kappa shape index (κ2) is 7.33. The van der Waals surface area contributed by atoms with E-state index in [0.717, 1.165) is 13.7 Å². The van der Waals surface area contributed by atoms with Gasteiger partial charge in [0.05, 0.1) is 0 Å². The number of carbonyl (C=O) groups is 1. The topological polar surface area (TPSA) is 41.1 Å². The molecule has 0 aliphatic rings. The molecule has 0 fully saturated rings. The summed E-state index contributed by atoms with van der Waals surface area (Å²) in [5.41, 5.74) is 0.970. The average molecular weight is 425 g/mol. The number of hydrogen-bond acceptors (Lipinski definition) is 2. The fourth-order valence-electron chi connectivity index (χ4n) is 1.36. The van der Waals surface area contributed by atoms with E-state index < -0.39 is 0 Å². The van der Waals surface area contributed by atoms with Crippen molar-refractivity contribution in [3.63, 3.8) is 0 Å². The average Bonchev–Trinajstić information content (AvgIpc) is 2.30. The molecule has 0 bridgehead atoms. The smallest absolute Gasteiger partial charge is 0.242 e. The fraction of sp³-hybridized carbons (Fsp3) is 0.462. The molecule has 0 saturated carbocycles. The van der Waals surface area contributed by atoms with Gasteiger partial charge in [0.15, 0.2) is 0 Å². The first-order valence-corrected chi connectivity index (χ1v) is 7.76. The van der Waals surface area contributed by atoms with Crippen molar-refractivity contribution in [2.45, 2.75) is 26.8 Å². The molecule has 0 spiro atoms. The van der Waals surface area contributed by atoms with Crippen LogP contribution in [0.3, 0.4) is 0 Å². The van der Waals surface area contributed by atoms with E-state index >= 15 is 0 Å². The Morgan fingerprint density at radius 2 is 2.06 bits per heavy atom. The van der Waals surface area contributed by atoms with E-state index in [2.05, 4.69) is 63.0 Å². The second-order valence-corrected chi connectivity index (χ2v) is 6.71. The van der Waals surface area contributed by atoms with Crippen molar-refractivity contribution in [3.05, 3.63) is 26.2 Å². The van der Waals surface area contributed by atoms with Crippen LogP contribution in [0.2, 0.25) is 0 Å². The molecule has 0 aliphatic carbocycles. The van der Waals surface area contributed by atoms with Gasteiger partial charge in [-0.05, 0) is 53.6 Å². The van der Waals surface area contributed by atoms with Gasteiger partial charge in [0.2, 0.25) is 5.91 Å². The summed E-state index contributed by atoms with van der Waals surface area (Å²) in [6, 6.07) is 5.72. The Hall–Kier alpha value is -0.300. The molecule has 1 aromatic rings. The van der Waals surface area contributed by atoms with Crippen molar-refractivity contribution < 1.29 is 4.79 Å². The van der Waals surface area contributed by atoms with E-state index in [1.54, 1.807) is 0 Å². The standard InChI is InChI=1S/C13H18BrIN2O/c1-8(2)7-16-13(18)9(3)17-12-6-10(14)4-5-11(12)15/h4-6,8-9,17H,7H2,1-3H3,(H,16,18). The highest BCUT2D eigenvalue weighted by Gasteiger charge is 2.13. The minimum atomic E-state index is -0.244. The van der Waals surface area contributed by atoms with Crippen LogP contribution < -0.4 is 10.6 Å². The van der Waals surface area contributed by atoms with Gasteiger partial charge in [-0.15, -0.1) is 0 Å². The molecule has 1 aromatic carbocycles. The van der Waals surface area contributed by atoms with Crippen LogP contribution in [0.5, 0.6) is 0 Å². The molecule has 0 radical (unpaired) electrons. The molecule has 1 atom stereocenters. The lowest BCUT2D eigenvalue weighted by atomic mass is 10.2. The van der Waals surface area contributed by atoms with Crippen LogP contribution in [0, 0.1) is 9.49 Å². The van der Waals surface area contributed by atoms with Crippen LogP contribution >= 0.6 is 38.5 Å². The van der Waals surface area contributed by atoms with E-state index in [1.165, 1.54) is 0 Å². The molecule has 18 heavy (non-hydrogen) atoms. The summed E-state index contributed by atoms with van der Waals surface area (Å²) in [5.74, 6) is 0.492. The number of rotatable bonds is 5. The first kappa shape index (κ1) is 15.8. The number of nitrogens with one attached hydrogen (secondary N) is 2. The van der Waals surface area contributed by atoms with Gasteiger partial charge in [0, 0.05) is 20.3 Å². The van der Waals surface area contributed by atoms with E-state index in [1.807, 2.05) is 25.1 Å². The Bertz CT molecular complexity index is 423. The van der Waals surface area contributed by atoms with Gasteiger partial charge >= 0.3 is 0 Å². The van der Waals surface area contributed by atoms with Gasteiger partial charge in [-0.3, -0.25) is 4.79 Å². The first-order valence-electron chi connectivity index (χ1n) is 5.89. The molecule has 1 amide bonds. The maximum absolute atomic E-state index is 11.9. The van der Waals surface area contributed by atoms with Gasteiger partial charge in [-0.2, -0.15) is 0 Å². The summed E-state index contributed by atoms with van der Waals surface area (Å²) in [4.78, 5) is 11.9. The Morgan fingerprint density at radius 3 is 2.67 bits per heavy atom. The van der Waals surface area contributed by atoms with Gasteiger partial charge in [-0.1, -0.05) is 29.8 Å². The van der Waals surface area contributed by atoms with Crippen molar-refractivity contribution in [1.29, 1.82) is 0 Å². The number of carbonyl (C=O) groups excluding carboxylic acids is 1. The van der Waals surface area contributed by atoms with E-state index in [0.29, 0.717) is 12.5 Å². The molecule has 0 saturated heterocycles. The normalized spacial score (nSPS) is 12.3. The monoisotopic (exact) mass is 424 g/mol. The summed E-state index contributed by atoms with van der Waals surface area (Å²) in [6.45, 7) is 6.73. The van der Waals surface area contributed by atoms with Crippen LogP contribution in [-0.2, 0) is 4.79 Å². The summed E-state index contributed by atoms with van der Waals surface area (Å²) in [7, 11) is 0. The number of hydrogen-bond donors (Lipinski definition) is 2. The minimum absolute atomic E-state index is 0.0273. The molecule has 5 heteroatoms. The fourth-order valence-corrected chi connectivity index (χ4v) is 2.22. The molecule has 100 valence electrons. The maximum Gasteiger partial charge on any atom is 0.242 e. The zero-order chi connectivity index (χ0) is 13.7. The van der Waals surface area contributed by atoms with Gasteiger partial charge in [0.1, 0.15) is 6.04 Å². The van der Waals surface area contributed by atoms with Crippen LogP contribution in [0.1, 0.15) is 20.8 Å². The van der Waals surface area contributed by atoms with Crippen molar-refractivity contribution in [3.8, 4) is 0 Å². The lowest BCUT2D eigenvalue weighted by molar-refractivity contribution is -0.121. The van der Waals surface area contributed by atoms with Crippen molar-refractivity contribution in [2.75, 3.05) is 11.9 Å². The Kier molecular flexibility index (Phi) is 6.42. The molecule has 0 aliphatic heterocycles. The Labute approximate surface area is 130 Å². The largest absolute Gasteiger partial charge is 0.373 e. The zero-order valence-corrected chi connectivity index (χ0v) is 14.5. The lowest BCUT2D eigenvalue weighted by Crippen LogP contribution is -2.39. The van der Waals surface area contributed by atoms with Crippen LogP contribution in [0.4, 0.5) is 5.69 Å². The summed E-state index contributed by atoms with van der Waals surface area (Å²) in [6.07, 6.45) is 0. The van der Waals surface area contributed by atoms with Gasteiger partial charge < -0.3 is 10.6 Å². The minimum Gasteiger partial charge on any atom is -0.373 e. The van der Waals surface area contributed by atoms with Gasteiger partial charge in [0.25, 0.3) is 0 Å². The van der Waals surface area contributed by atoms with E-state index in [-0.39, 0.29) is 11.9 Å². The molecular formula is C13H18BrIN2O. The summed E-state index contributed by atoms with van der Waals surface area (Å²) in [5, 5.41) is 6.15. The number of anilines is 1. The van der Waals surface area contributed by atoms with Crippen LogP contribution in [0.15, 0.2) is 22.7 Å². The first-order chi connectivity index (χ1) is 8.40. The SMILES string of the molecule is CC(C)CNC(=O)C(C)Nc1cc(Br)ccc1I. The van der Waals surface area contributed by atoms with Crippen molar-refractivity contribution in [1.82, 2.24) is 5.32 Å². The highest BCUT2D eigenvalue weighted by atomic mass is 127. The molecule has 1 rings (SSSR count). The molecular weight excluding hydrogens is 407 g/mol. The third kappa shape index (κ3) is 5.14. The maximum atomic E-state index is 11.9. The van der Waals surface area contributed by atoms with E-state index in [4.69, 9.17) is 0 Å². The van der Waals surface area contributed by atoms with Crippen LogP contribution in [-0.4, -0.2) is 18.5 Å². The summed E-state index contributed by atoms with van der Waals surface area (Å²) < 4.78 is 2.10. The Balaban J connectivity index is 2.60. The predicted molar refractivity (Wildman–Crippen MR) is 87.8 cm³/mol. The Morgan fingerprint density at radius 1 is 1.39 bits per heavy atom. The molecule has 1 unspecified atom stereocenters. The number of halogens is 2. The quantitative estimate of drug-likeness (QED) is 0.708. The zero-order valence-electron chi connectivity index (χ0n) is 10.8. The highest BCUT2D eigenvalue weighted by Crippen LogP contribution is 2.23. The predicted octanol–water partition coefficient (Wildman–Crippen LogP) is 3.63. The van der Waals surface area contributed by atoms with Gasteiger partial charge in [-0.25, -0.2) is 0 Å². The molecule has 3 nitrogen and oxygen atoms in total. The molecule has 0 heterocycles.